The van der Waals surface area contributed by atoms with E-state index in [1.54, 1.807) is 14.0 Å². The van der Waals surface area contributed by atoms with Crippen LogP contribution in [-0.4, -0.2) is 42.7 Å². The number of nitrogens with one attached hydrogen (secondary N) is 1. The Morgan fingerprint density at radius 1 is 1.64 bits per heavy atom. The molecule has 1 heterocycles. The molecule has 14 heavy (non-hydrogen) atoms. The molecular weight excluding hydrogens is 186 g/mol. The standard InChI is InChI=1S/C9H17NO4/c1-5-9(12)7(10-6(2)11)4-8(13-3)14-5/h5,7-9,12H,4H2,1-3H3,(H,10,11)/t5-,7-,8+,9+/m1/s1. The maximum absolute atomic E-state index is 10.9. The smallest absolute Gasteiger partial charge is 0.217 e. The van der Waals surface area contributed by atoms with E-state index in [9.17, 15) is 9.90 Å². The van der Waals surface area contributed by atoms with E-state index in [4.69, 9.17) is 9.47 Å². The van der Waals surface area contributed by atoms with Crippen molar-refractivity contribution in [1.82, 2.24) is 5.32 Å². The van der Waals surface area contributed by atoms with Crippen molar-refractivity contribution in [1.29, 1.82) is 0 Å². The van der Waals surface area contributed by atoms with Gasteiger partial charge in [-0.3, -0.25) is 4.79 Å². The fourth-order valence-corrected chi connectivity index (χ4v) is 1.61. The maximum Gasteiger partial charge on any atom is 0.217 e. The van der Waals surface area contributed by atoms with Gasteiger partial charge in [0, 0.05) is 20.5 Å². The summed E-state index contributed by atoms with van der Waals surface area (Å²) >= 11 is 0. The van der Waals surface area contributed by atoms with E-state index in [1.807, 2.05) is 0 Å². The van der Waals surface area contributed by atoms with Crippen molar-refractivity contribution < 1.29 is 19.4 Å². The van der Waals surface area contributed by atoms with Gasteiger partial charge in [0.25, 0.3) is 0 Å². The van der Waals surface area contributed by atoms with Crippen LogP contribution >= 0.6 is 0 Å². The molecule has 1 amide bonds. The largest absolute Gasteiger partial charge is 0.388 e. The van der Waals surface area contributed by atoms with Crippen LogP contribution in [-0.2, 0) is 14.3 Å². The molecule has 0 saturated carbocycles. The molecular formula is C9H17NO4. The molecule has 0 aromatic carbocycles. The zero-order valence-corrected chi connectivity index (χ0v) is 8.69. The van der Waals surface area contributed by atoms with Gasteiger partial charge in [0.05, 0.1) is 12.1 Å². The highest BCUT2D eigenvalue weighted by Gasteiger charge is 2.35. The van der Waals surface area contributed by atoms with Crippen LogP contribution in [0.4, 0.5) is 0 Å². The number of amides is 1. The van der Waals surface area contributed by atoms with E-state index in [-0.39, 0.29) is 24.3 Å². The summed E-state index contributed by atoms with van der Waals surface area (Å²) in [7, 11) is 1.54. The van der Waals surface area contributed by atoms with Crippen molar-refractivity contribution in [3.05, 3.63) is 0 Å². The van der Waals surface area contributed by atoms with Crippen molar-refractivity contribution in [3.8, 4) is 0 Å². The molecule has 1 saturated heterocycles. The molecule has 4 atom stereocenters. The second-order valence-electron chi connectivity index (χ2n) is 3.54. The molecule has 82 valence electrons. The summed E-state index contributed by atoms with van der Waals surface area (Å²) in [5.41, 5.74) is 0. The van der Waals surface area contributed by atoms with Gasteiger partial charge in [0.1, 0.15) is 6.10 Å². The Morgan fingerprint density at radius 2 is 2.29 bits per heavy atom. The zero-order valence-electron chi connectivity index (χ0n) is 8.69. The lowest BCUT2D eigenvalue weighted by atomic mass is 9.99. The number of hydrogen-bond acceptors (Lipinski definition) is 4. The average Bonchev–Trinajstić information content (AvgIpc) is 2.11. The summed E-state index contributed by atoms with van der Waals surface area (Å²) in [6, 6.07) is -0.291. The third-order valence-corrected chi connectivity index (χ3v) is 2.36. The van der Waals surface area contributed by atoms with Crippen LogP contribution in [0, 0.1) is 0 Å². The number of aliphatic hydroxyl groups excluding tert-OH is 1. The Kier molecular flexibility index (Phi) is 3.86. The molecule has 5 heteroatoms. The molecule has 0 spiro atoms. The summed E-state index contributed by atoms with van der Waals surface area (Å²) in [5.74, 6) is -0.155. The predicted octanol–water partition coefficient (Wildman–Crippen LogP) is -0.367. The van der Waals surface area contributed by atoms with E-state index >= 15 is 0 Å². The minimum atomic E-state index is -0.676. The number of aliphatic hydroxyl groups is 1. The number of ether oxygens (including phenoxy) is 2. The third-order valence-electron chi connectivity index (χ3n) is 2.36. The van der Waals surface area contributed by atoms with Crippen LogP contribution in [0.1, 0.15) is 20.3 Å². The molecule has 1 aliphatic heterocycles. The Labute approximate surface area is 83.4 Å². The van der Waals surface area contributed by atoms with Gasteiger partial charge in [0.15, 0.2) is 6.29 Å². The molecule has 0 aromatic heterocycles. The van der Waals surface area contributed by atoms with Gasteiger partial charge in [-0.25, -0.2) is 0 Å². The molecule has 0 aliphatic carbocycles. The van der Waals surface area contributed by atoms with Crippen LogP contribution in [0.2, 0.25) is 0 Å². The molecule has 0 aromatic rings. The molecule has 0 bridgehead atoms. The van der Waals surface area contributed by atoms with E-state index < -0.39 is 6.10 Å². The van der Waals surface area contributed by atoms with Crippen molar-refractivity contribution in [2.75, 3.05) is 7.11 Å². The fraction of sp³-hybridized carbons (Fsp3) is 0.889. The summed E-state index contributed by atoms with van der Waals surface area (Å²) in [6.07, 6.45) is -0.886. The Hall–Kier alpha value is -0.650. The predicted molar refractivity (Wildman–Crippen MR) is 49.6 cm³/mol. The summed E-state index contributed by atoms with van der Waals surface area (Å²) in [4.78, 5) is 10.9. The Bertz CT molecular complexity index is 209. The summed E-state index contributed by atoms with van der Waals surface area (Å²) in [6.45, 7) is 3.18. The Balaban J connectivity index is 2.57. The molecule has 1 aliphatic rings. The summed E-state index contributed by atoms with van der Waals surface area (Å²) < 4.78 is 10.4. The van der Waals surface area contributed by atoms with Gasteiger partial charge in [0.2, 0.25) is 5.91 Å². The van der Waals surface area contributed by atoms with E-state index in [0.29, 0.717) is 6.42 Å². The topological polar surface area (TPSA) is 67.8 Å². The van der Waals surface area contributed by atoms with Crippen molar-refractivity contribution >= 4 is 5.91 Å². The highest BCUT2D eigenvalue weighted by Crippen LogP contribution is 2.20. The van der Waals surface area contributed by atoms with Crippen LogP contribution < -0.4 is 5.32 Å². The van der Waals surface area contributed by atoms with Crippen LogP contribution in [0.15, 0.2) is 0 Å². The monoisotopic (exact) mass is 203 g/mol. The van der Waals surface area contributed by atoms with E-state index in [1.165, 1.54) is 6.92 Å². The summed E-state index contributed by atoms with van der Waals surface area (Å²) in [5, 5.41) is 12.4. The average molecular weight is 203 g/mol. The maximum atomic E-state index is 10.9. The first-order valence-electron chi connectivity index (χ1n) is 4.68. The van der Waals surface area contributed by atoms with E-state index in [2.05, 4.69) is 5.32 Å². The third kappa shape index (κ3) is 2.67. The second-order valence-corrected chi connectivity index (χ2v) is 3.54. The molecule has 5 nitrogen and oxygen atoms in total. The first-order valence-corrected chi connectivity index (χ1v) is 4.68. The van der Waals surface area contributed by atoms with Gasteiger partial charge < -0.3 is 19.9 Å². The Morgan fingerprint density at radius 3 is 2.79 bits per heavy atom. The first-order chi connectivity index (χ1) is 6.54. The van der Waals surface area contributed by atoms with Crippen LogP contribution in [0.5, 0.6) is 0 Å². The van der Waals surface area contributed by atoms with Crippen molar-refractivity contribution in [2.24, 2.45) is 0 Å². The lowest BCUT2D eigenvalue weighted by molar-refractivity contribution is -0.214. The minimum absolute atomic E-state index is 0.155. The van der Waals surface area contributed by atoms with E-state index in [0.717, 1.165) is 0 Å². The van der Waals surface area contributed by atoms with Gasteiger partial charge in [-0.1, -0.05) is 0 Å². The van der Waals surface area contributed by atoms with Crippen LogP contribution in [0.3, 0.4) is 0 Å². The highest BCUT2D eigenvalue weighted by molar-refractivity contribution is 5.73. The normalized spacial score (nSPS) is 38.0. The molecule has 1 fully saturated rings. The number of hydrogen-bond donors (Lipinski definition) is 2. The number of carbonyl (C=O) groups excluding carboxylic acids is 1. The van der Waals surface area contributed by atoms with Gasteiger partial charge in [-0.05, 0) is 6.92 Å². The number of rotatable bonds is 2. The molecule has 2 N–H and O–H groups in total. The second kappa shape index (κ2) is 4.72. The fourth-order valence-electron chi connectivity index (χ4n) is 1.61. The lowest BCUT2D eigenvalue weighted by Gasteiger charge is -2.37. The van der Waals surface area contributed by atoms with Gasteiger partial charge in [-0.15, -0.1) is 0 Å². The first kappa shape index (κ1) is 11.4. The van der Waals surface area contributed by atoms with Gasteiger partial charge in [-0.2, -0.15) is 0 Å². The van der Waals surface area contributed by atoms with Crippen molar-refractivity contribution in [2.45, 2.75) is 44.8 Å². The highest BCUT2D eigenvalue weighted by atomic mass is 16.7. The quantitative estimate of drug-likeness (QED) is 0.642. The lowest BCUT2D eigenvalue weighted by Crippen LogP contribution is -2.54. The zero-order chi connectivity index (χ0) is 10.7. The number of carbonyl (C=O) groups is 1. The van der Waals surface area contributed by atoms with Gasteiger partial charge >= 0.3 is 0 Å². The van der Waals surface area contributed by atoms with Crippen molar-refractivity contribution in [3.63, 3.8) is 0 Å². The van der Waals surface area contributed by atoms with Crippen LogP contribution in [0.25, 0.3) is 0 Å². The molecule has 1 rings (SSSR count). The number of methoxy groups -OCH3 is 1. The molecule has 0 radical (unpaired) electrons. The minimum Gasteiger partial charge on any atom is -0.388 e. The SMILES string of the molecule is CO[C@@H]1C[C@@H](NC(C)=O)[C@@H](O)[C@@H](C)O1. The molecule has 0 unspecified atom stereocenters.